The standard InChI is InChI=1S/C19H46N4P2/c1-9-20(10-2)24(21(11-3)12-4)18-17-19-25(22(13-5)14-6)23(15-7)16-8/h9-19H2,1-8H3. The zero-order chi connectivity index (χ0) is 19.2. The second-order valence-corrected chi connectivity index (χ2v) is 10.7. The van der Waals surface area contributed by atoms with E-state index in [9.17, 15) is 0 Å². The van der Waals surface area contributed by atoms with Gasteiger partial charge in [-0.15, -0.1) is 0 Å². The lowest BCUT2D eigenvalue weighted by Gasteiger charge is -2.40. The molecule has 0 aromatic heterocycles. The maximum absolute atomic E-state index is 2.71. The second kappa shape index (κ2) is 15.7. The summed E-state index contributed by atoms with van der Waals surface area (Å²) in [6.07, 6.45) is 4.08. The van der Waals surface area contributed by atoms with Crippen molar-refractivity contribution in [3.8, 4) is 0 Å². The lowest BCUT2D eigenvalue weighted by molar-refractivity contribution is 0.417. The predicted octanol–water partition coefficient (Wildman–Crippen LogP) is 5.37. The first-order valence-corrected chi connectivity index (χ1v) is 13.5. The Labute approximate surface area is 162 Å². The zero-order valence-electron chi connectivity index (χ0n) is 18.5. The maximum atomic E-state index is 2.71. The SMILES string of the molecule is CCN(CC)P(CCCP(N(CC)CC)N(CC)CC)N(CC)CC. The van der Waals surface area contributed by atoms with E-state index in [4.69, 9.17) is 0 Å². The van der Waals surface area contributed by atoms with Gasteiger partial charge in [-0.1, -0.05) is 55.4 Å². The average Bonchev–Trinajstić information content (AvgIpc) is 2.64. The molecule has 4 nitrogen and oxygen atoms in total. The van der Waals surface area contributed by atoms with Crippen LogP contribution in [-0.4, -0.2) is 83.4 Å². The molecule has 0 radical (unpaired) electrons. The number of hydrogen-bond donors (Lipinski definition) is 0. The molecule has 0 N–H and O–H groups in total. The van der Waals surface area contributed by atoms with Crippen LogP contribution in [0.4, 0.5) is 0 Å². The Morgan fingerprint density at radius 2 is 0.600 bits per heavy atom. The van der Waals surface area contributed by atoms with Gasteiger partial charge >= 0.3 is 0 Å². The topological polar surface area (TPSA) is 13.0 Å². The fourth-order valence-corrected chi connectivity index (χ4v) is 9.07. The maximum Gasteiger partial charge on any atom is 0.0394 e. The van der Waals surface area contributed by atoms with Crippen LogP contribution in [0.15, 0.2) is 0 Å². The molecule has 0 aliphatic rings. The minimum atomic E-state index is -0.134. The van der Waals surface area contributed by atoms with Gasteiger partial charge in [0.05, 0.1) is 0 Å². The summed E-state index contributed by atoms with van der Waals surface area (Å²) in [7, 11) is -0.268. The largest absolute Gasteiger partial charge is 0.270 e. The van der Waals surface area contributed by atoms with Gasteiger partial charge in [0.1, 0.15) is 0 Å². The quantitative estimate of drug-likeness (QED) is 0.328. The third-order valence-corrected chi connectivity index (χ3v) is 11.2. The number of rotatable bonds is 16. The van der Waals surface area contributed by atoms with Gasteiger partial charge in [-0.2, -0.15) is 0 Å². The Morgan fingerprint density at radius 1 is 0.400 bits per heavy atom. The molecule has 0 aromatic carbocycles. The molecule has 0 saturated heterocycles. The molecular weight excluding hydrogens is 346 g/mol. The highest BCUT2D eigenvalue weighted by atomic mass is 31.1. The zero-order valence-corrected chi connectivity index (χ0v) is 20.3. The Bertz CT molecular complexity index is 239. The molecule has 0 heterocycles. The third kappa shape index (κ3) is 8.50. The van der Waals surface area contributed by atoms with Gasteiger partial charge in [0.2, 0.25) is 0 Å². The molecule has 152 valence electrons. The van der Waals surface area contributed by atoms with Crippen LogP contribution in [0.3, 0.4) is 0 Å². The summed E-state index contributed by atoms with van der Waals surface area (Å²) in [5, 5.41) is 0. The monoisotopic (exact) mass is 392 g/mol. The fourth-order valence-electron chi connectivity index (χ4n) is 3.48. The Balaban J connectivity index is 4.97. The van der Waals surface area contributed by atoms with E-state index in [2.05, 4.69) is 74.1 Å². The lowest BCUT2D eigenvalue weighted by atomic mass is 10.6. The fraction of sp³-hybridized carbons (Fsp3) is 1.00. The third-order valence-electron chi connectivity index (χ3n) is 4.94. The number of hydrogen-bond acceptors (Lipinski definition) is 4. The van der Waals surface area contributed by atoms with E-state index in [0.29, 0.717) is 0 Å². The second-order valence-electron chi connectivity index (χ2n) is 6.10. The highest BCUT2D eigenvalue weighted by Crippen LogP contribution is 2.48. The van der Waals surface area contributed by atoms with Gasteiger partial charge < -0.3 is 0 Å². The summed E-state index contributed by atoms with van der Waals surface area (Å²) in [6, 6.07) is 0. The Kier molecular flexibility index (Phi) is 16.2. The van der Waals surface area contributed by atoms with E-state index in [1.54, 1.807) is 0 Å². The van der Waals surface area contributed by atoms with Crippen LogP contribution in [-0.2, 0) is 0 Å². The van der Waals surface area contributed by atoms with E-state index in [1.165, 1.54) is 71.1 Å². The summed E-state index contributed by atoms with van der Waals surface area (Å²) in [6.45, 7) is 28.0. The van der Waals surface area contributed by atoms with Crippen molar-refractivity contribution in [1.82, 2.24) is 18.7 Å². The van der Waals surface area contributed by atoms with Crippen LogP contribution < -0.4 is 0 Å². The highest BCUT2D eigenvalue weighted by Gasteiger charge is 2.24. The molecule has 0 bridgehead atoms. The van der Waals surface area contributed by atoms with Gasteiger partial charge in [-0.25, -0.2) is 0 Å². The van der Waals surface area contributed by atoms with Crippen LogP contribution in [0.25, 0.3) is 0 Å². The molecule has 0 aliphatic carbocycles. The average molecular weight is 393 g/mol. The van der Waals surface area contributed by atoms with Crippen LogP contribution in [0.5, 0.6) is 0 Å². The van der Waals surface area contributed by atoms with E-state index in [1.807, 2.05) is 0 Å². The normalized spacial score (nSPS) is 12.7. The highest BCUT2D eigenvalue weighted by molar-refractivity contribution is 7.53. The van der Waals surface area contributed by atoms with E-state index >= 15 is 0 Å². The Hall–Kier alpha value is 0.700. The minimum absolute atomic E-state index is 0.134. The van der Waals surface area contributed by atoms with Crippen molar-refractivity contribution in [1.29, 1.82) is 0 Å². The number of nitrogens with zero attached hydrogens (tertiary/aromatic N) is 4. The molecular formula is C19H46N4P2. The summed E-state index contributed by atoms with van der Waals surface area (Å²) in [4.78, 5) is 0. The molecule has 0 rings (SSSR count). The van der Waals surface area contributed by atoms with Crippen molar-refractivity contribution in [3.05, 3.63) is 0 Å². The van der Waals surface area contributed by atoms with Crippen molar-refractivity contribution in [2.24, 2.45) is 0 Å². The van der Waals surface area contributed by atoms with Crippen LogP contribution in [0.1, 0.15) is 61.8 Å². The first-order chi connectivity index (χ1) is 12.1. The lowest BCUT2D eigenvalue weighted by Crippen LogP contribution is -2.32. The van der Waals surface area contributed by atoms with Crippen LogP contribution >= 0.6 is 16.4 Å². The molecule has 0 atom stereocenters. The molecule has 0 saturated carbocycles. The van der Waals surface area contributed by atoms with Crippen LogP contribution in [0.2, 0.25) is 0 Å². The van der Waals surface area contributed by atoms with E-state index < -0.39 is 0 Å². The van der Waals surface area contributed by atoms with Gasteiger partial charge in [0.25, 0.3) is 0 Å². The van der Waals surface area contributed by atoms with E-state index in [-0.39, 0.29) is 16.4 Å². The van der Waals surface area contributed by atoms with Gasteiger partial charge in [-0.05, 0) is 18.7 Å². The van der Waals surface area contributed by atoms with Crippen molar-refractivity contribution in [3.63, 3.8) is 0 Å². The molecule has 0 aromatic rings. The van der Waals surface area contributed by atoms with E-state index in [0.717, 1.165) is 0 Å². The summed E-state index contributed by atoms with van der Waals surface area (Å²) < 4.78 is 10.8. The van der Waals surface area contributed by atoms with Crippen molar-refractivity contribution < 1.29 is 0 Å². The van der Waals surface area contributed by atoms with Gasteiger partial charge in [0, 0.05) is 68.8 Å². The molecule has 0 fully saturated rings. The van der Waals surface area contributed by atoms with Gasteiger partial charge in [-0.3, -0.25) is 18.7 Å². The Morgan fingerprint density at radius 3 is 0.760 bits per heavy atom. The molecule has 0 unspecified atom stereocenters. The molecule has 6 heteroatoms. The first kappa shape index (κ1) is 25.7. The molecule has 0 spiro atoms. The first-order valence-electron chi connectivity index (χ1n) is 10.6. The summed E-state index contributed by atoms with van der Waals surface area (Å²) >= 11 is 0. The van der Waals surface area contributed by atoms with Crippen LogP contribution in [0, 0.1) is 0 Å². The molecule has 0 aliphatic heterocycles. The summed E-state index contributed by atoms with van der Waals surface area (Å²) in [5.41, 5.74) is 0. The van der Waals surface area contributed by atoms with Gasteiger partial charge in [0.15, 0.2) is 0 Å². The predicted molar refractivity (Wildman–Crippen MR) is 120 cm³/mol. The van der Waals surface area contributed by atoms with Crippen molar-refractivity contribution in [2.45, 2.75) is 61.8 Å². The molecule has 25 heavy (non-hydrogen) atoms. The smallest absolute Gasteiger partial charge is 0.0394 e. The van der Waals surface area contributed by atoms with Crippen molar-refractivity contribution >= 4 is 16.4 Å². The van der Waals surface area contributed by atoms with Crippen molar-refractivity contribution in [2.75, 3.05) is 64.7 Å². The summed E-state index contributed by atoms with van der Waals surface area (Å²) in [5.74, 6) is 0. The minimum Gasteiger partial charge on any atom is -0.270 e. The molecule has 0 amide bonds.